The van der Waals surface area contributed by atoms with Gasteiger partial charge < -0.3 is 0 Å². The molecule has 0 atom stereocenters. The van der Waals surface area contributed by atoms with E-state index in [0.29, 0.717) is 0 Å². The van der Waals surface area contributed by atoms with Crippen molar-refractivity contribution in [2.75, 3.05) is 5.75 Å². The van der Waals surface area contributed by atoms with Crippen LogP contribution in [0.5, 0.6) is 0 Å². The molecule has 0 bridgehead atoms. The van der Waals surface area contributed by atoms with E-state index in [2.05, 4.69) is 19.9 Å². The third kappa shape index (κ3) is 3.66. The van der Waals surface area contributed by atoms with Crippen molar-refractivity contribution in [2.24, 2.45) is 5.92 Å². The Morgan fingerprint density at radius 1 is 1.33 bits per heavy atom. The highest BCUT2D eigenvalue weighted by molar-refractivity contribution is 8.03. The summed E-state index contributed by atoms with van der Waals surface area (Å²) in [6, 6.07) is 0. The fourth-order valence-corrected chi connectivity index (χ4v) is 2.69. The lowest BCUT2D eigenvalue weighted by Gasteiger charge is -2.20. The van der Waals surface area contributed by atoms with Crippen LogP contribution in [-0.2, 0) is 0 Å². The molecule has 0 nitrogen and oxygen atoms in total. The highest BCUT2D eigenvalue weighted by Gasteiger charge is 2.12. The van der Waals surface area contributed by atoms with E-state index in [-0.39, 0.29) is 0 Å². The van der Waals surface area contributed by atoms with E-state index in [1.165, 1.54) is 42.8 Å². The van der Waals surface area contributed by atoms with Crippen molar-refractivity contribution in [3.8, 4) is 0 Å². The van der Waals surface area contributed by atoms with E-state index in [1.807, 2.05) is 11.8 Å². The van der Waals surface area contributed by atoms with Crippen molar-refractivity contribution in [3.63, 3.8) is 0 Å². The van der Waals surface area contributed by atoms with Crippen molar-refractivity contribution >= 4 is 11.8 Å². The Labute approximate surface area is 80.8 Å². The molecule has 0 saturated heterocycles. The fraction of sp³-hybridized carbons (Fsp3) is 0.818. The van der Waals surface area contributed by atoms with E-state index >= 15 is 0 Å². The first-order valence-corrected chi connectivity index (χ1v) is 6.07. The zero-order valence-electron chi connectivity index (χ0n) is 8.31. The Kier molecular flexibility index (Phi) is 4.82. The van der Waals surface area contributed by atoms with Gasteiger partial charge in [0.2, 0.25) is 0 Å². The predicted molar refractivity (Wildman–Crippen MR) is 58.5 cm³/mol. The highest BCUT2D eigenvalue weighted by Crippen LogP contribution is 2.28. The Balaban J connectivity index is 2.13. The molecule has 0 aromatic rings. The fourth-order valence-electron chi connectivity index (χ4n) is 1.69. The first kappa shape index (κ1) is 10.2. The third-order valence-corrected chi connectivity index (χ3v) is 4.01. The second-order valence-corrected chi connectivity index (χ2v) is 4.98. The van der Waals surface area contributed by atoms with E-state index < -0.39 is 0 Å². The van der Waals surface area contributed by atoms with Crippen LogP contribution in [0, 0.1) is 5.92 Å². The van der Waals surface area contributed by atoms with Crippen molar-refractivity contribution in [2.45, 2.75) is 46.0 Å². The Hall–Kier alpha value is 0.0900. The van der Waals surface area contributed by atoms with Gasteiger partial charge in [0.1, 0.15) is 0 Å². The van der Waals surface area contributed by atoms with Gasteiger partial charge in [-0.25, -0.2) is 0 Å². The molecule has 0 radical (unpaired) electrons. The van der Waals surface area contributed by atoms with Gasteiger partial charge in [0.15, 0.2) is 0 Å². The van der Waals surface area contributed by atoms with Crippen LogP contribution in [0.15, 0.2) is 11.0 Å². The predicted octanol–water partition coefficient (Wildman–Crippen LogP) is 4.22. The molecule has 0 amide bonds. The summed E-state index contributed by atoms with van der Waals surface area (Å²) in [5.41, 5.74) is 0. The zero-order valence-corrected chi connectivity index (χ0v) is 9.12. The molecule has 0 aromatic heterocycles. The number of allylic oxidation sites excluding steroid dienone is 2. The summed E-state index contributed by atoms with van der Waals surface area (Å²) in [5, 5.41) is 0. The standard InChI is InChI=1S/C11H20S/c1-3-10(2)12-9-11-7-5-4-6-8-11/h3,11H,4-9H2,1-2H3. The quantitative estimate of drug-likeness (QED) is 0.632. The third-order valence-electron chi connectivity index (χ3n) is 2.68. The Morgan fingerprint density at radius 3 is 2.58 bits per heavy atom. The van der Waals surface area contributed by atoms with Gasteiger partial charge in [-0.1, -0.05) is 25.3 Å². The summed E-state index contributed by atoms with van der Waals surface area (Å²) in [5.74, 6) is 2.37. The molecule has 1 saturated carbocycles. The monoisotopic (exact) mass is 184 g/mol. The zero-order chi connectivity index (χ0) is 8.81. The number of hydrogen-bond donors (Lipinski definition) is 0. The topological polar surface area (TPSA) is 0 Å². The van der Waals surface area contributed by atoms with Crippen molar-refractivity contribution < 1.29 is 0 Å². The van der Waals surface area contributed by atoms with Gasteiger partial charge in [0.25, 0.3) is 0 Å². The average Bonchev–Trinajstić information content (AvgIpc) is 2.16. The molecular weight excluding hydrogens is 164 g/mol. The molecule has 1 heteroatoms. The van der Waals surface area contributed by atoms with E-state index in [4.69, 9.17) is 0 Å². The maximum atomic E-state index is 2.22. The highest BCUT2D eigenvalue weighted by atomic mass is 32.2. The molecule has 0 aromatic carbocycles. The first-order chi connectivity index (χ1) is 5.83. The second-order valence-electron chi connectivity index (χ2n) is 3.71. The molecule has 12 heavy (non-hydrogen) atoms. The van der Waals surface area contributed by atoms with E-state index in [1.54, 1.807) is 0 Å². The summed E-state index contributed by atoms with van der Waals surface area (Å²) < 4.78 is 0. The molecule has 1 aliphatic rings. The Bertz CT molecular complexity index is 143. The molecule has 0 unspecified atom stereocenters. The molecule has 0 spiro atoms. The van der Waals surface area contributed by atoms with Gasteiger partial charge in [0, 0.05) is 5.75 Å². The van der Waals surface area contributed by atoms with Crippen molar-refractivity contribution in [1.82, 2.24) is 0 Å². The molecule has 70 valence electrons. The van der Waals surface area contributed by atoms with E-state index in [0.717, 1.165) is 5.92 Å². The second kappa shape index (κ2) is 5.69. The van der Waals surface area contributed by atoms with Crippen molar-refractivity contribution in [1.29, 1.82) is 0 Å². The minimum atomic E-state index is 1.01. The molecule has 1 fully saturated rings. The normalized spacial score (nSPS) is 21.3. The van der Waals surface area contributed by atoms with Crippen LogP contribution in [0.4, 0.5) is 0 Å². The smallest absolute Gasteiger partial charge is 0.000494 e. The van der Waals surface area contributed by atoms with Crippen LogP contribution < -0.4 is 0 Å². The lowest BCUT2D eigenvalue weighted by Crippen LogP contribution is -2.08. The number of hydrogen-bond acceptors (Lipinski definition) is 1. The minimum absolute atomic E-state index is 1.01. The average molecular weight is 184 g/mol. The number of thioether (sulfide) groups is 1. The largest absolute Gasteiger partial charge is 0.131 e. The summed E-state index contributed by atoms with van der Waals surface area (Å²) in [4.78, 5) is 1.49. The molecule has 1 aliphatic carbocycles. The SMILES string of the molecule is CC=C(C)SCC1CCCCC1. The van der Waals surface area contributed by atoms with Gasteiger partial charge in [0.05, 0.1) is 0 Å². The Morgan fingerprint density at radius 2 is 2.00 bits per heavy atom. The van der Waals surface area contributed by atoms with Gasteiger partial charge in [-0.05, 0) is 37.5 Å². The summed E-state index contributed by atoms with van der Waals surface area (Å²) in [7, 11) is 0. The van der Waals surface area contributed by atoms with Crippen LogP contribution in [-0.4, -0.2) is 5.75 Å². The molecule has 1 rings (SSSR count). The molecule has 0 N–H and O–H groups in total. The van der Waals surface area contributed by atoms with Gasteiger partial charge in [-0.15, -0.1) is 11.8 Å². The maximum absolute atomic E-state index is 2.22. The van der Waals surface area contributed by atoms with Gasteiger partial charge >= 0.3 is 0 Å². The van der Waals surface area contributed by atoms with Crippen LogP contribution in [0.2, 0.25) is 0 Å². The van der Waals surface area contributed by atoms with Crippen molar-refractivity contribution in [3.05, 3.63) is 11.0 Å². The number of rotatable bonds is 3. The van der Waals surface area contributed by atoms with Crippen LogP contribution in [0.25, 0.3) is 0 Å². The van der Waals surface area contributed by atoms with Crippen LogP contribution >= 0.6 is 11.8 Å². The van der Waals surface area contributed by atoms with Gasteiger partial charge in [-0.3, -0.25) is 0 Å². The summed E-state index contributed by atoms with van der Waals surface area (Å²) >= 11 is 2.04. The summed E-state index contributed by atoms with van der Waals surface area (Å²) in [6.45, 7) is 4.34. The lowest BCUT2D eigenvalue weighted by atomic mass is 9.91. The minimum Gasteiger partial charge on any atom is -0.131 e. The van der Waals surface area contributed by atoms with E-state index in [9.17, 15) is 0 Å². The maximum Gasteiger partial charge on any atom is 0.000494 e. The van der Waals surface area contributed by atoms with Crippen LogP contribution in [0.3, 0.4) is 0 Å². The molecule has 0 heterocycles. The first-order valence-electron chi connectivity index (χ1n) is 5.08. The van der Waals surface area contributed by atoms with Crippen LogP contribution in [0.1, 0.15) is 46.0 Å². The molecule has 0 aliphatic heterocycles. The lowest BCUT2D eigenvalue weighted by molar-refractivity contribution is 0.391. The molecular formula is C11H20S. The summed E-state index contributed by atoms with van der Waals surface area (Å²) in [6.07, 6.45) is 9.59. The van der Waals surface area contributed by atoms with Gasteiger partial charge in [-0.2, -0.15) is 0 Å².